The number of thiazole rings is 1. The minimum Gasteiger partial charge on any atom is -0.379 e. The Balaban J connectivity index is 1.27. The summed E-state index contributed by atoms with van der Waals surface area (Å²) >= 11 is 1.51. The zero-order valence-electron chi connectivity index (χ0n) is 17.0. The van der Waals surface area contributed by atoms with E-state index >= 15 is 0 Å². The van der Waals surface area contributed by atoms with E-state index in [1.165, 1.54) is 11.3 Å². The largest absolute Gasteiger partial charge is 0.379 e. The normalized spacial score (nSPS) is 14.7. The molecule has 1 amide bonds. The van der Waals surface area contributed by atoms with E-state index in [9.17, 15) is 4.79 Å². The minimum absolute atomic E-state index is 0.0613. The molecule has 4 aromatic rings. The van der Waals surface area contributed by atoms with E-state index in [0.29, 0.717) is 12.1 Å². The van der Waals surface area contributed by atoms with Gasteiger partial charge in [-0.25, -0.2) is 9.97 Å². The number of nitrogens with zero attached hydrogens (tertiary/aromatic N) is 3. The molecule has 0 unspecified atom stereocenters. The Morgan fingerprint density at radius 3 is 2.90 bits per heavy atom. The van der Waals surface area contributed by atoms with Gasteiger partial charge < -0.3 is 15.4 Å². The maximum Gasteiger partial charge on any atom is 0.251 e. The third-order valence-corrected chi connectivity index (χ3v) is 6.30. The molecular weight excluding hydrogens is 410 g/mol. The summed E-state index contributed by atoms with van der Waals surface area (Å²) in [6.07, 6.45) is 1.79. The van der Waals surface area contributed by atoms with E-state index in [-0.39, 0.29) is 5.91 Å². The van der Waals surface area contributed by atoms with Crippen molar-refractivity contribution >= 4 is 49.2 Å². The summed E-state index contributed by atoms with van der Waals surface area (Å²) in [7, 11) is 0. The molecule has 1 fully saturated rings. The summed E-state index contributed by atoms with van der Waals surface area (Å²) in [5.74, 6) is 0.715. The standard InChI is InChI=1S/C23H23N5O2S/c29-22(25-9-10-28-11-13-30-14-12-28)17-5-6-19-20(15-17)31-23(26-19)27-21-18-4-2-1-3-16(18)7-8-24-21/h1-8,15H,9-14H2,(H,25,29)(H,24,26,27). The Labute approximate surface area is 184 Å². The van der Waals surface area contributed by atoms with Gasteiger partial charge in [-0.3, -0.25) is 9.69 Å². The van der Waals surface area contributed by atoms with Crippen molar-refractivity contribution in [3.05, 3.63) is 60.3 Å². The second-order valence-corrected chi connectivity index (χ2v) is 8.45. The van der Waals surface area contributed by atoms with Crippen LogP contribution in [-0.2, 0) is 4.74 Å². The molecule has 31 heavy (non-hydrogen) atoms. The second kappa shape index (κ2) is 8.97. The minimum atomic E-state index is -0.0613. The first-order valence-electron chi connectivity index (χ1n) is 10.4. The molecule has 2 aromatic carbocycles. The van der Waals surface area contributed by atoms with Gasteiger partial charge in [0.15, 0.2) is 5.13 Å². The number of aromatic nitrogens is 2. The van der Waals surface area contributed by atoms with Crippen LogP contribution in [0.2, 0.25) is 0 Å². The van der Waals surface area contributed by atoms with Crippen molar-refractivity contribution in [1.82, 2.24) is 20.2 Å². The van der Waals surface area contributed by atoms with E-state index in [4.69, 9.17) is 4.74 Å². The van der Waals surface area contributed by atoms with Crippen LogP contribution in [0.1, 0.15) is 10.4 Å². The first kappa shape index (κ1) is 19.9. The van der Waals surface area contributed by atoms with Crippen LogP contribution >= 0.6 is 11.3 Å². The fourth-order valence-corrected chi connectivity index (χ4v) is 4.60. The molecule has 8 heteroatoms. The number of ether oxygens (including phenoxy) is 1. The highest BCUT2D eigenvalue weighted by molar-refractivity contribution is 7.22. The SMILES string of the molecule is O=C(NCCN1CCOCC1)c1ccc2nc(Nc3nccc4ccccc34)sc2c1. The van der Waals surface area contributed by atoms with Crippen LogP contribution in [-0.4, -0.2) is 60.2 Å². The van der Waals surface area contributed by atoms with Crippen molar-refractivity contribution < 1.29 is 9.53 Å². The molecule has 2 aromatic heterocycles. The maximum atomic E-state index is 12.6. The Hall–Kier alpha value is -3.07. The number of hydrogen-bond donors (Lipinski definition) is 2. The van der Waals surface area contributed by atoms with E-state index in [1.54, 1.807) is 6.20 Å². The van der Waals surface area contributed by atoms with Gasteiger partial charge in [0.05, 0.1) is 23.4 Å². The molecule has 1 saturated heterocycles. The Bertz CT molecular complexity index is 1210. The first-order chi connectivity index (χ1) is 15.3. The van der Waals surface area contributed by atoms with Crippen LogP contribution in [0, 0.1) is 0 Å². The van der Waals surface area contributed by atoms with Crippen molar-refractivity contribution in [1.29, 1.82) is 0 Å². The molecule has 0 saturated carbocycles. The van der Waals surface area contributed by atoms with E-state index in [0.717, 1.165) is 64.8 Å². The molecule has 0 spiro atoms. The number of carbonyl (C=O) groups excluding carboxylic acids is 1. The summed E-state index contributed by atoms with van der Waals surface area (Å²) in [4.78, 5) is 24.0. The molecule has 5 rings (SSSR count). The molecule has 1 aliphatic heterocycles. The van der Waals surface area contributed by atoms with Gasteiger partial charge in [0.25, 0.3) is 5.91 Å². The van der Waals surface area contributed by atoms with Gasteiger partial charge in [-0.05, 0) is 29.7 Å². The molecule has 3 heterocycles. The molecule has 1 aliphatic rings. The second-order valence-electron chi connectivity index (χ2n) is 7.42. The summed E-state index contributed by atoms with van der Waals surface area (Å²) < 4.78 is 6.32. The number of rotatable bonds is 6. The molecule has 0 bridgehead atoms. The number of nitrogens with one attached hydrogen (secondary N) is 2. The Morgan fingerprint density at radius 2 is 2.00 bits per heavy atom. The van der Waals surface area contributed by atoms with Gasteiger partial charge in [0.2, 0.25) is 0 Å². The average Bonchev–Trinajstić information content (AvgIpc) is 3.21. The number of anilines is 2. The fraction of sp³-hybridized carbons (Fsp3) is 0.261. The lowest BCUT2D eigenvalue weighted by molar-refractivity contribution is 0.0383. The van der Waals surface area contributed by atoms with Gasteiger partial charge >= 0.3 is 0 Å². The summed E-state index contributed by atoms with van der Waals surface area (Å²) in [5, 5.41) is 9.27. The highest BCUT2D eigenvalue weighted by Gasteiger charge is 2.13. The van der Waals surface area contributed by atoms with Gasteiger partial charge in [-0.15, -0.1) is 0 Å². The van der Waals surface area contributed by atoms with Crippen molar-refractivity contribution in [3.63, 3.8) is 0 Å². The van der Waals surface area contributed by atoms with E-state index in [1.807, 2.05) is 42.5 Å². The van der Waals surface area contributed by atoms with Crippen molar-refractivity contribution in [2.45, 2.75) is 0 Å². The Kier molecular flexibility index (Phi) is 5.75. The number of pyridine rings is 1. The van der Waals surface area contributed by atoms with Crippen molar-refractivity contribution in [2.75, 3.05) is 44.7 Å². The van der Waals surface area contributed by atoms with Crippen molar-refractivity contribution in [2.24, 2.45) is 0 Å². The fourth-order valence-electron chi connectivity index (χ4n) is 3.69. The molecule has 0 aliphatic carbocycles. The molecular formula is C23H23N5O2S. The third kappa shape index (κ3) is 4.51. The third-order valence-electron chi connectivity index (χ3n) is 5.37. The lowest BCUT2D eigenvalue weighted by Crippen LogP contribution is -2.41. The van der Waals surface area contributed by atoms with E-state index in [2.05, 4.69) is 31.6 Å². The van der Waals surface area contributed by atoms with Crippen LogP contribution in [0.15, 0.2) is 54.7 Å². The number of carbonyl (C=O) groups is 1. The maximum absolute atomic E-state index is 12.6. The highest BCUT2D eigenvalue weighted by atomic mass is 32.1. The lowest BCUT2D eigenvalue weighted by Gasteiger charge is -2.26. The molecule has 158 valence electrons. The summed E-state index contributed by atoms with van der Waals surface area (Å²) in [5.41, 5.74) is 1.51. The number of morpholine rings is 1. The van der Waals surface area contributed by atoms with Crippen LogP contribution < -0.4 is 10.6 Å². The van der Waals surface area contributed by atoms with Crippen LogP contribution in [0.5, 0.6) is 0 Å². The van der Waals surface area contributed by atoms with Crippen LogP contribution in [0.25, 0.3) is 21.0 Å². The van der Waals surface area contributed by atoms with Gasteiger partial charge in [0, 0.05) is 43.3 Å². The molecule has 0 atom stereocenters. The number of amides is 1. The zero-order chi connectivity index (χ0) is 21.0. The van der Waals surface area contributed by atoms with Gasteiger partial charge in [-0.1, -0.05) is 35.6 Å². The van der Waals surface area contributed by atoms with Crippen LogP contribution in [0.3, 0.4) is 0 Å². The highest BCUT2D eigenvalue weighted by Crippen LogP contribution is 2.30. The first-order valence-corrected chi connectivity index (χ1v) is 11.2. The lowest BCUT2D eigenvalue weighted by atomic mass is 10.1. The predicted octanol–water partition coefficient (Wildman–Crippen LogP) is 3.65. The van der Waals surface area contributed by atoms with E-state index < -0.39 is 0 Å². The van der Waals surface area contributed by atoms with Gasteiger partial charge in [0.1, 0.15) is 5.82 Å². The monoisotopic (exact) mass is 433 g/mol. The molecule has 0 radical (unpaired) electrons. The number of fused-ring (bicyclic) bond motifs is 2. The van der Waals surface area contributed by atoms with Crippen molar-refractivity contribution in [3.8, 4) is 0 Å². The summed E-state index contributed by atoms with van der Waals surface area (Å²) in [6, 6.07) is 15.7. The number of benzene rings is 2. The number of hydrogen-bond acceptors (Lipinski definition) is 7. The topological polar surface area (TPSA) is 79.4 Å². The molecule has 2 N–H and O–H groups in total. The average molecular weight is 434 g/mol. The Morgan fingerprint density at radius 1 is 1.13 bits per heavy atom. The zero-order valence-corrected chi connectivity index (χ0v) is 17.8. The van der Waals surface area contributed by atoms with Crippen LogP contribution in [0.4, 0.5) is 10.9 Å². The summed E-state index contributed by atoms with van der Waals surface area (Å²) in [6.45, 7) is 4.83. The smallest absolute Gasteiger partial charge is 0.251 e. The molecule has 7 nitrogen and oxygen atoms in total. The predicted molar refractivity (Wildman–Crippen MR) is 124 cm³/mol. The quantitative estimate of drug-likeness (QED) is 0.483. The van der Waals surface area contributed by atoms with Gasteiger partial charge in [-0.2, -0.15) is 0 Å².